The molecule has 2 N–H and O–H groups in total. The molecule has 0 saturated carbocycles. The first-order valence-electron chi connectivity index (χ1n) is 8.95. The molecule has 2 atom stereocenters. The third-order valence-electron chi connectivity index (χ3n) is 4.22. The summed E-state index contributed by atoms with van der Waals surface area (Å²) in [5.41, 5.74) is 1.20. The number of hydrogen-bond acceptors (Lipinski definition) is 3. The monoisotopic (exact) mass is 464 g/mol. The SMILES string of the molecule is CN=C(NCC(c1cnn(C)c1)N(C)C)NC(C)CCCC(C)C.I. The molecule has 0 radical (unpaired) electrons. The van der Waals surface area contributed by atoms with Gasteiger partial charge in [-0.3, -0.25) is 9.67 Å². The Kier molecular flexibility index (Phi) is 12.1. The van der Waals surface area contributed by atoms with Crippen molar-refractivity contribution in [2.75, 3.05) is 27.7 Å². The normalized spacial score (nSPS) is 14.4. The quantitative estimate of drug-likeness (QED) is 0.335. The fraction of sp³-hybridized carbons (Fsp3) is 0.778. The van der Waals surface area contributed by atoms with Crippen molar-refractivity contribution in [2.45, 2.75) is 52.1 Å². The first-order chi connectivity index (χ1) is 11.3. The Balaban J connectivity index is 0.00000576. The van der Waals surface area contributed by atoms with E-state index in [2.05, 4.69) is 66.7 Å². The standard InChI is InChI=1S/C18H36N6.HI/c1-14(2)9-8-10-15(3)22-18(19-4)20-12-17(23(5)6)16-11-21-24(7)13-16;/h11,13-15,17H,8-10,12H2,1-7H3,(H2,19,20,22);1H. The number of rotatable bonds is 9. The van der Waals surface area contributed by atoms with Gasteiger partial charge >= 0.3 is 0 Å². The van der Waals surface area contributed by atoms with Crippen LogP contribution in [0, 0.1) is 5.92 Å². The molecule has 1 aromatic rings. The third kappa shape index (κ3) is 9.44. The molecule has 0 fully saturated rings. The van der Waals surface area contributed by atoms with Gasteiger partial charge in [0.1, 0.15) is 0 Å². The molecule has 0 aliphatic carbocycles. The van der Waals surface area contributed by atoms with Crippen molar-refractivity contribution in [3.05, 3.63) is 18.0 Å². The minimum Gasteiger partial charge on any atom is -0.354 e. The number of aryl methyl sites for hydroxylation is 1. The Labute approximate surface area is 170 Å². The molecule has 0 saturated heterocycles. The molecule has 0 aliphatic rings. The molecule has 25 heavy (non-hydrogen) atoms. The maximum Gasteiger partial charge on any atom is 0.191 e. The molecule has 1 aromatic heterocycles. The molecule has 7 heteroatoms. The molecular formula is C18H37IN6. The molecule has 0 aromatic carbocycles. The van der Waals surface area contributed by atoms with Crippen LogP contribution in [0.15, 0.2) is 17.4 Å². The fourth-order valence-electron chi connectivity index (χ4n) is 2.74. The van der Waals surface area contributed by atoms with Crippen LogP contribution in [0.1, 0.15) is 51.6 Å². The molecule has 0 aliphatic heterocycles. The van der Waals surface area contributed by atoms with Gasteiger partial charge in [-0.25, -0.2) is 0 Å². The summed E-state index contributed by atoms with van der Waals surface area (Å²) in [5, 5.41) is 11.2. The van der Waals surface area contributed by atoms with Crippen molar-refractivity contribution in [3.8, 4) is 0 Å². The van der Waals surface area contributed by atoms with Crippen molar-refractivity contribution in [1.29, 1.82) is 0 Å². The van der Waals surface area contributed by atoms with Gasteiger partial charge in [0, 0.05) is 38.4 Å². The van der Waals surface area contributed by atoms with Crippen LogP contribution in [0.5, 0.6) is 0 Å². The second kappa shape index (κ2) is 12.5. The number of hydrogen-bond donors (Lipinski definition) is 2. The first-order valence-corrected chi connectivity index (χ1v) is 8.95. The van der Waals surface area contributed by atoms with E-state index in [0.717, 1.165) is 18.4 Å². The van der Waals surface area contributed by atoms with Crippen LogP contribution < -0.4 is 10.6 Å². The third-order valence-corrected chi connectivity index (χ3v) is 4.22. The lowest BCUT2D eigenvalue weighted by atomic mass is 10.0. The number of nitrogens with one attached hydrogen (secondary N) is 2. The van der Waals surface area contributed by atoms with E-state index in [1.54, 1.807) is 0 Å². The van der Waals surface area contributed by atoms with E-state index in [1.165, 1.54) is 24.8 Å². The average Bonchev–Trinajstić information content (AvgIpc) is 2.91. The van der Waals surface area contributed by atoms with E-state index in [9.17, 15) is 0 Å². The summed E-state index contributed by atoms with van der Waals surface area (Å²) < 4.78 is 1.84. The van der Waals surface area contributed by atoms with Crippen molar-refractivity contribution in [2.24, 2.45) is 18.0 Å². The van der Waals surface area contributed by atoms with Crippen molar-refractivity contribution >= 4 is 29.9 Å². The number of guanidine groups is 1. The van der Waals surface area contributed by atoms with Crippen LogP contribution in [0.3, 0.4) is 0 Å². The summed E-state index contributed by atoms with van der Waals surface area (Å²) in [6.07, 6.45) is 7.69. The molecule has 146 valence electrons. The summed E-state index contributed by atoms with van der Waals surface area (Å²) in [6.45, 7) is 7.56. The lowest BCUT2D eigenvalue weighted by Gasteiger charge is -2.25. The maximum atomic E-state index is 4.36. The smallest absolute Gasteiger partial charge is 0.191 e. The topological polar surface area (TPSA) is 57.5 Å². The summed E-state index contributed by atoms with van der Waals surface area (Å²) >= 11 is 0. The van der Waals surface area contributed by atoms with E-state index in [0.29, 0.717) is 6.04 Å². The van der Waals surface area contributed by atoms with Crippen LogP contribution in [0.25, 0.3) is 0 Å². The number of aromatic nitrogens is 2. The highest BCUT2D eigenvalue weighted by Gasteiger charge is 2.16. The van der Waals surface area contributed by atoms with Gasteiger partial charge in [0.25, 0.3) is 0 Å². The van der Waals surface area contributed by atoms with Gasteiger partial charge < -0.3 is 15.5 Å². The van der Waals surface area contributed by atoms with E-state index >= 15 is 0 Å². The fourth-order valence-corrected chi connectivity index (χ4v) is 2.74. The van der Waals surface area contributed by atoms with E-state index < -0.39 is 0 Å². The van der Waals surface area contributed by atoms with Crippen LogP contribution in [0.4, 0.5) is 0 Å². The summed E-state index contributed by atoms with van der Waals surface area (Å²) in [6, 6.07) is 0.680. The Hall–Kier alpha value is -0.830. The lowest BCUT2D eigenvalue weighted by Crippen LogP contribution is -2.45. The van der Waals surface area contributed by atoms with Gasteiger partial charge in [0.15, 0.2) is 5.96 Å². The van der Waals surface area contributed by atoms with Crippen LogP contribution >= 0.6 is 24.0 Å². The van der Waals surface area contributed by atoms with E-state index in [4.69, 9.17) is 0 Å². The number of halogens is 1. The molecule has 1 rings (SSSR count). The van der Waals surface area contributed by atoms with E-state index in [-0.39, 0.29) is 30.0 Å². The number of likely N-dealkylation sites (N-methyl/N-ethyl adjacent to an activating group) is 1. The second-order valence-electron chi connectivity index (χ2n) is 7.25. The minimum atomic E-state index is 0. The van der Waals surface area contributed by atoms with Gasteiger partial charge in [-0.1, -0.05) is 26.7 Å². The Morgan fingerprint density at radius 2 is 1.96 bits per heavy atom. The molecular weight excluding hydrogens is 427 g/mol. The Morgan fingerprint density at radius 3 is 2.44 bits per heavy atom. The first kappa shape index (κ1) is 24.2. The molecule has 0 amide bonds. The highest BCUT2D eigenvalue weighted by molar-refractivity contribution is 14.0. The Morgan fingerprint density at radius 1 is 1.28 bits per heavy atom. The predicted molar refractivity (Wildman–Crippen MR) is 118 cm³/mol. The van der Waals surface area contributed by atoms with Crippen LogP contribution in [-0.4, -0.2) is 54.4 Å². The zero-order valence-electron chi connectivity index (χ0n) is 16.9. The molecule has 0 bridgehead atoms. The van der Waals surface area contributed by atoms with Gasteiger partial charge in [-0.15, -0.1) is 24.0 Å². The van der Waals surface area contributed by atoms with Gasteiger partial charge in [0.2, 0.25) is 0 Å². The maximum absolute atomic E-state index is 4.36. The van der Waals surface area contributed by atoms with Gasteiger partial charge in [0.05, 0.1) is 12.2 Å². The molecule has 0 spiro atoms. The average molecular weight is 464 g/mol. The highest BCUT2D eigenvalue weighted by atomic mass is 127. The summed E-state index contributed by atoms with van der Waals surface area (Å²) in [4.78, 5) is 6.55. The minimum absolute atomic E-state index is 0. The molecule has 6 nitrogen and oxygen atoms in total. The van der Waals surface area contributed by atoms with Gasteiger partial charge in [-0.2, -0.15) is 5.10 Å². The zero-order chi connectivity index (χ0) is 18.1. The van der Waals surface area contributed by atoms with Crippen LogP contribution in [-0.2, 0) is 7.05 Å². The largest absolute Gasteiger partial charge is 0.354 e. The van der Waals surface area contributed by atoms with Crippen molar-refractivity contribution in [3.63, 3.8) is 0 Å². The van der Waals surface area contributed by atoms with E-state index in [1.807, 2.05) is 25.0 Å². The summed E-state index contributed by atoms with van der Waals surface area (Å²) in [7, 11) is 7.95. The molecule has 1 heterocycles. The number of nitrogens with zero attached hydrogens (tertiary/aromatic N) is 4. The van der Waals surface area contributed by atoms with Gasteiger partial charge in [-0.05, 0) is 33.4 Å². The predicted octanol–water partition coefficient (Wildman–Crippen LogP) is 3.02. The van der Waals surface area contributed by atoms with Crippen molar-refractivity contribution < 1.29 is 0 Å². The summed E-state index contributed by atoms with van der Waals surface area (Å²) in [5.74, 6) is 1.64. The highest BCUT2D eigenvalue weighted by Crippen LogP contribution is 2.16. The molecule has 2 unspecified atom stereocenters. The Bertz CT molecular complexity index is 498. The van der Waals surface area contributed by atoms with Crippen LogP contribution in [0.2, 0.25) is 0 Å². The lowest BCUT2D eigenvalue weighted by molar-refractivity contribution is 0.297. The van der Waals surface area contributed by atoms with Crippen molar-refractivity contribution in [1.82, 2.24) is 25.3 Å². The number of aliphatic imine (C=N–C) groups is 1. The zero-order valence-corrected chi connectivity index (χ0v) is 19.2. The second-order valence-corrected chi connectivity index (χ2v) is 7.25.